The normalized spacial score (nSPS) is 38.4. The zero-order valence-corrected chi connectivity index (χ0v) is 10.6. The van der Waals surface area contributed by atoms with Crippen LogP contribution >= 0.6 is 11.8 Å². The average Bonchev–Trinajstić information content (AvgIpc) is 2.66. The molecule has 15 heavy (non-hydrogen) atoms. The van der Waals surface area contributed by atoms with Gasteiger partial charge in [0, 0.05) is 23.9 Å². The topological polar surface area (TPSA) is 29.3 Å². The number of piperidine rings is 1. The third kappa shape index (κ3) is 2.89. The predicted octanol–water partition coefficient (Wildman–Crippen LogP) is 2.08. The second-order valence-electron chi connectivity index (χ2n) is 4.89. The van der Waals surface area contributed by atoms with Crippen LogP contribution in [-0.4, -0.2) is 41.1 Å². The van der Waals surface area contributed by atoms with Crippen LogP contribution in [0.2, 0.25) is 0 Å². The Morgan fingerprint density at radius 1 is 1.27 bits per heavy atom. The fourth-order valence-corrected chi connectivity index (χ4v) is 4.37. The van der Waals surface area contributed by atoms with E-state index in [0.717, 1.165) is 17.8 Å². The molecule has 0 aromatic rings. The molecule has 2 N–H and O–H groups in total. The van der Waals surface area contributed by atoms with Crippen molar-refractivity contribution in [3.63, 3.8) is 0 Å². The first-order chi connectivity index (χ1) is 7.31. The molecule has 0 bridgehead atoms. The van der Waals surface area contributed by atoms with Gasteiger partial charge in [0.1, 0.15) is 0 Å². The van der Waals surface area contributed by atoms with Gasteiger partial charge < -0.3 is 5.73 Å². The number of nitrogens with zero attached hydrogens (tertiary/aromatic N) is 1. The van der Waals surface area contributed by atoms with Crippen LogP contribution in [-0.2, 0) is 0 Å². The van der Waals surface area contributed by atoms with Gasteiger partial charge in [-0.2, -0.15) is 11.8 Å². The number of likely N-dealkylation sites (tertiary alicyclic amines) is 1. The Hall–Kier alpha value is 0.270. The third-order valence-corrected chi connectivity index (χ3v) is 5.07. The molecule has 0 aromatic heterocycles. The van der Waals surface area contributed by atoms with Crippen LogP contribution in [0.25, 0.3) is 0 Å². The molecule has 1 aliphatic heterocycles. The van der Waals surface area contributed by atoms with Crippen molar-refractivity contribution in [3.8, 4) is 0 Å². The minimum atomic E-state index is 0.437. The van der Waals surface area contributed by atoms with Crippen molar-refractivity contribution in [3.05, 3.63) is 0 Å². The summed E-state index contributed by atoms with van der Waals surface area (Å²) in [4.78, 5) is 2.68. The molecule has 1 saturated carbocycles. The lowest BCUT2D eigenvalue weighted by molar-refractivity contribution is 0.154. The van der Waals surface area contributed by atoms with Crippen molar-refractivity contribution in [2.24, 2.45) is 5.73 Å². The molecule has 0 aromatic carbocycles. The lowest BCUT2D eigenvalue weighted by Crippen LogP contribution is -2.49. The van der Waals surface area contributed by atoms with E-state index in [2.05, 4.69) is 23.6 Å². The summed E-state index contributed by atoms with van der Waals surface area (Å²) in [7, 11) is 0. The van der Waals surface area contributed by atoms with Gasteiger partial charge in [-0.1, -0.05) is 13.3 Å². The fraction of sp³-hybridized carbons (Fsp3) is 1.00. The van der Waals surface area contributed by atoms with Gasteiger partial charge in [-0.3, -0.25) is 4.90 Å². The molecule has 3 heteroatoms. The van der Waals surface area contributed by atoms with Gasteiger partial charge in [0.25, 0.3) is 0 Å². The number of thioether (sulfide) groups is 1. The van der Waals surface area contributed by atoms with E-state index in [1.807, 2.05) is 0 Å². The maximum atomic E-state index is 6.06. The Bertz CT molecular complexity index is 198. The van der Waals surface area contributed by atoms with E-state index in [0.29, 0.717) is 6.04 Å². The minimum Gasteiger partial charge on any atom is -0.327 e. The maximum Gasteiger partial charge on any atom is 0.0215 e. The van der Waals surface area contributed by atoms with Crippen LogP contribution < -0.4 is 5.73 Å². The number of hydrogen-bond donors (Lipinski definition) is 1. The molecule has 88 valence electrons. The maximum absolute atomic E-state index is 6.06. The van der Waals surface area contributed by atoms with E-state index < -0.39 is 0 Å². The van der Waals surface area contributed by atoms with Crippen molar-refractivity contribution < 1.29 is 0 Å². The average molecular weight is 228 g/mol. The molecule has 1 aliphatic carbocycles. The zero-order valence-electron chi connectivity index (χ0n) is 9.82. The monoisotopic (exact) mass is 228 g/mol. The predicted molar refractivity (Wildman–Crippen MR) is 68.3 cm³/mol. The van der Waals surface area contributed by atoms with E-state index >= 15 is 0 Å². The van der Waals surface area contributed by atoms with Gasteiger partial charge >= 0.3 is 0 Å². The van der Waals surface area contributed by atoms with Gasteiger partial charge in [-0.15, -0.1) is 0 Å². The summed E-state index contributed by atoms with van der Waals surface area (Å²) in [6.07, 6.45) is 6.79. The summed E-state index contributed by atoms with van der Waals surface area (Å²) in [5.74, 6) is 1.26. The Labute approximate surface area is 98.0 Å². The molecule has 2 rings (SSSR count). The second kappa shape index (κ2) is 5.55. The van der Waals surface area contributed by atoms with E-state index in [9.17, 15) is 0 Å². The van der Waals surface area contributed by atoms with Crippen LogP contribution in [0.5, 0.6) is 0 Å². The summed E-state index contributed by atoms with van der Waals surface area (Å²) in [6, 6.07) is 1.27. The van der Waals surface area contributed by atoms with E-state index in [1.165, 1.54) is 44.4 Å². The van der Waals surface area contributed by atoms with Gasteiger partial charge in [-0.25, -0.2) is 0 Å². The van der Waals surface area contributed by atoms with Gasteiger partial charge in [-0.05, 0) is 38.0 Å². The van der Waals surface area contributed by atoms with E-state index in [-0.39, 0.29) is 0 Å². The van der Waals surface area contributed by atoms with Crippen LogP contribution in [0.15, 0.2) is 0 Å². The highest BCUT2D eigenvalue weighted by atomic mass is 32.2. The largest absolute Gasteiger partial charge is 0.327 e. The lowest BCUT2D eigenvalue weighted by Gasteiger charge is -2.37. The van der Waals surface area contributed by atoms with Gasteiger partial charge in [0.15, 0.2) is 0 Å². The number of nitrogens with two attached hydrogens (primary N) is 1. The van der Waals surface area contributed by atoms with Gasteiger partial charge in [0.05, 0.1) is 0 Å². The smallest absolute Gasteiger partial charge is 0.0215 e. The third-order valence-electron chi connectivity index (χ3n) is 3.76. The van der Waals surface area contributed by atoms with E-state index in [4.69, 9.17) is 5.73 Å². The van der Waals surface area contributed by atoms with Crippen LogP contribution in [0, 0.1) is 0 Å². The minimum absolute atomic E-state index is 0.437. The molecule has 0 spiro atoms. The first-order valence-corrected chi connectivity index (χ1v) is 7.47. The highest BCUT2D eigenvalue weighted by Crippen LogP contribution is 2.34. The second-order valence-corrected chi connectivity index (χ2v) is 6.41. The fourth-order valence-electron chi connectivity index (χ4n) is 3.07. The molecule has 0 amide bonds. The Morgan fingerprint density at radius 3 is 2.87 bits per heavy atom. The molecule has 2 aliphatic rings. The van der Waals surface area contributed by atoms with Crippen LogP contribution in [0.4, 0.5) is 0 Å². The molecule has 2 nitrogen and oxygen atoms in total. The molecule has 3 atom stereocenters. The summed E-state index contributed by atoms with van der Waals surface area (Å²) < 4.78 is 0. The van der Waals surface area contributed by atoms with Crippen molar-refractivity contribution >= 4 is 11.8 Å². The summed E-state index contributed by atoms with van der Waals surface area (Å²) in [6.45, 7) is 4.71. The highest BCUT2D eigenvalue weighted by molar-refractivity contribution is 7.99. The molecule has 1 saturated heterocycles. The van der Waals surface area contributed by atoms with Crippen molar-refractivity contribution in [1.29, 1.82) is 0 Å². The molecular formula is C12H24N2S. The molecule has 1 heterocycles. The number of hydrogen-bond acceptors (Lipinski definition) is 3. The Balaban J connectivity index is 1.90. The zero-order chi connectivity index (χ0) is 10.7. The van der Waals surface area contributed by atoms with Crippen molar-refractivity contribution in [2.75, 3.05) is 18.8 Å². The van der Waals surface area contributed by atoms with E-state index in [1.54, 1.807) is 0 Å². The molecular weight excluding hydrogens is 204 g/mol. The first kappa shape index (κ1) is 11.7. The molecule has 3 unspecified atom stereocenters. The number of rotatable bonds is 3. The highest BCUT2D eigenvalue weighted by Gasteiger charge is 2.33. The summed E-state index contributed by atoms with van der Waals surface area (Å²) >= 11 is 2.16. The lowest BCUT2D eigenvalue weighted by atomic mass is 10.0. The van der Waals surface area contributed by atoms with Crippen molar-refractivity contribution in [2.45, 2.75) is 56.4 Å². The molecule has 0 radical (unpaired) electrons. The summed E-state index contributed by atoms with van der Waals surface area (Å²) in [5, 5.41) is 0.889. The SMILES string of the molecule is CCSC1CCCC1N1CCCC(N)C1. The Kier molecular flexibility index (Phi) is 4.35. The summed E-state index contributed by atoms with van der Waals surface area (Å²) in [5.41, 5.74) is 6.06. The quantitative estimate of drug-likeness (QED) is 0.802. The van der Waals surface area contributed by atoms with Crippen LogP contribution in [0.1, 0.15) is 39.0 Å². The van der Waals surface area contributed by atoms with Gasteiger partial charge in [0.2, 0.25) is 0 Å². The van der Waals surface area contributed by atoms with Crippen LogP contribution in [0.3, 0.4) is 0 Å². The standard InChI is InChI=1S/C12H24N2S/c1-2-15-12-7-3-6-11(12)14-8-4-5-10(13)9-14/h10-12H,2-9,13H2,1H3. The Morgan fingerprint density at radius 2 is 2.13 bits per heavy atom. The van der Waals surface area contributed by atoms with Crippen molar-refractivity contribution in [1.82, 2.24) is 4.90 Å². The molecule has 2 fully saturated rings. The first-order valence-electron chi connectivity index (χ1n) is 6.42.